The Balaban J connectivity index is 2.39. The van der Waals surface area contributed by atoms with Gasteiger partial charge >= 0.3 is 5.97 Å². The maximum atomic E-state index is 12.0. The fraction of sp³-hybridized carbons (Fsp3) is 0.533. The highest BCUT2D eigenvalue weighted by Gasteiger charge is 2.13. The Labute approximate surface area is 130 Å². The van der Waals surface area contributed by atoms with E-state index in [0.717, 1.165) is 0 Å². The summed E-state index contributed by atoms with van der Waals surface area (Å²) in [6.45, 7) is 1.58. The molecular weight excluding hydrogens is 292 g/mol. The van der Waals surface area contributed by atoms with Gasteiger partial charge in [-0.25, -0.2) is 4.79 Å². The summed E-state index contributed by atoms with van der Waals surface area (Å²) < 4.78 is 30.4. The number of hydrogen-bond donors (Lipinski definition) is 0. The summed E-state index contributed by atoms with van der Waals surface area (Å²) >= 11 is 0. The van der Waals surface area contributed by atoms with Crippen LogP contribution in [0.2, 0.25) is 0 Å². The van der Waals surface area contributed by atoms with Gasteiger partial charge in [0.15, 0.2) is 13.6 Å². The van der Waals surface area contributed by atoms with Gasteiger partial charge in [0.1, 0.15) is 11.3 Å². The number of carbonyl (C=O) groups is 1. The van der Waals surface area contributed by atoms with E-state index in [2.05, 4.69) is 0 Å². The van der Waals surface area contributed by atoms with Gasteiger partial charge in [-0.05, 0) is 12.1 Å². The van der Waals surface area contributed by atoms with E-state index in [9.17, 15) is 4.79 Å². The minimum absolute atomic E-state index is 0.0258. The highest BCUT2D eigenvalue weighted by atomic mass is 16.7. The average molecular weight is 314 g/mol. The Morgan fingerprint density at radius 3 is 2.23 bits per heavy atom. The first kappa shape index (κ1) is 18.4. The summed E-state index contributed by atoms with van der Waals surface area (Å²) in [7, 11) is 3.15. The Morgan fingerprint density at radius 2 is 1.55 bits per heavy atom. The van der Waals surface area contributed by atoms with Crippen molar-refractivity contribution >= 4 is 5.97 Å². The topological polar surface area (TPSA) is 72.5 Å². The highest BCUT2D eigenvalue weighted by Crippen LogP contribution is 2.19. The molecule has 0 saturated carbocycles. The molecule has 7 heteroatoms. The van der Waals surface area contributed by atoms with E-state index in [4.69, 9.17) is 28.4 Å². The normalized spacial score (nSPS) is 10.5. The van der Waals surface area contributed by atoms with Gasteiger partial charge < -0.3 is 28.4 Å². The summed E-state index contributed by atoms with van der Waals surface area (Å²) in [4.78, 5) is 12.0. The SMILES string of the molecule is COCCOCOC(=O)c1ccccc1OCOCCOC. The van der Waals surface area contributed by atoms with Crippen LogP contribution in [0, 0.1) is 0 Å². The minimum atomic E-state index is -0.523. The van der Waals surface area contributed by atoms with Crippen LogP contribution in [0.25, 0.3) is 0 Å². The van der Waals surface area contributed by atoms with E-state index in [1.54, 1.807) is 38.5 Å². The number of ether oxygens (including phenoxy) is 6. The van der Waals surface area contributed by atoms with Gasteiger partial charge in [0, 0.05) is 14.2 Å². The van der Waals surface area contributed by atoms with Crippen LogP contribution in [-0.4, -0.2) is 60.2 Å². The molecular formula is C15H22O7. The molecule has 0 spiro atoms. The molecule has 0 aromatic heterocycles. The van der Waals surface area contributed by atoms with Gasteiger partial charge in [-0.2, -0.15) is 0 Å². The smallest absolute Gasteiger partial charge is 0.344 e. The van der Waals surface area contributed by atoms with E-state index in [0.29, 0.717) is 37.7 Å². The summed E-state index contributed by atoms with van der Waals surface area (Å²) in [5, 5.41) is 0. The number of benzene rings is 1. The molecule has 0 aliphatic carbocycles. The van der Waals surface area contributed by atoms with Crippen LogP contribution in [0.4, 0.5) is 0 Å². The van der Waals surface area contributed by atoms with E-state index in [1.807, 2.05) is 0 Å². The number of esters is 1. The molecule has 0 saturated heterocycles. The van der Waals surface area contributed by atoms with Crippen molar-refractivity contribution in [2.24, 2.45) is 0 Å². The maximum absolute atomic E-state index is 12.0. The van der Waals surface area contributed by atoms with E-state index < -0.39 is 5.97 Å². The molecule has 0 unspecified atom stereocenters. The second kappa shape index (κ2) is 11.9. The molecule has 1 rings (SSSR count). The van der Waals surface area contributed by atoms with Gasteiger partial charge in [-0.15, -0.1) is 0 Å². The van der Waals surface area contributed by atoms with Crippen LogP contribution < -0.4 is 4.74 Å². The lowest BCUT2D eigenvalue weighted by atomic mass is 10.2. The second-order valence-corrected chi connectivity index (χ2v) is 4.11. The monoisotopic (exact) mass is 314 g/mol. The molecule has 0 aliphatic heterocycles. The molecule has 0 amide bonds. The molecule has 0 aliphatic rings. The quantitative estimate of drug-likeness (QED) is 0.328. The minimum Gasteiger partial charge on any atom is -0.467 e. The molecule has 1 aromatic carbocycles. The van der Waals surface area contributed by atoms with E-state index >= 15 is 0 Å². The van der Waals surface area contributed by atoms with Crippen molar-refractivity contribution in [3.05, 3.63) is 29.8 Å². The molecule has 0 heterocycles. The van der Waals surface area contributed by atoms with Gasteiger partial charge in [-0.1, -0.05) is 12.1 Å². The van der Waals surface area contributed by atoms with Gasteiger partial charge in [0.2, 0.25) is 0 Å². The first-order valence-corrected chi connectivity index (χ1v) is 6.82. The second-order valence-electron chi connectivity index (χ2n) is 4.11. The third-order valence-electron chi connectivity index (χ3n) is 2.54. The van der Waals surface area contributed by atoms with Crippen LogP contribution >= 0.6 is 0 Å². The third-order valence-corrected chi connectivity index (χ3v) is 2.54. The van der Waals surface area contributed by atoms with E-state index in [-0.39, 0.29) is 13.6 Å². The zero-order valence-electron chi connectivity index (χ0n) is 12.9. The van der Waals surface area contributed by atoms with Crippen LogP contribution in [0.3, 0.4) is 0 Å². The Bertz CT molecular complexity index is 422. The molecule has 0 N–H and O–H groups in total. The Morgan fingerprint density at radius 1 is 0.909 bits per heavy atom. The average Bonchev–Trinajstić information content (AvgIpc) is 2.54. The van der Waals surface area contributed by atoms with Crippen LogP contribution in [0.1, 0.15) is 10.4 Å². The van der Waals surface area contributed by atoms with Crippen molar-refractivity contribution in [1.82, 2.24) is 0 Å². The molecule has 1 aromatic rings. The number of carbonyl (C=O) groups excluding carboxylic acids is 1. The number of hydrogen-bond acceptors (Lipinski definition) is 7. The number of rotatable bonds is 12. The molecule has 0 bridgehead atoms. The molecule has 0 radical (unpaired) electrons. The lowest BCUT2D eigenvalue weighted by molar-refractivity contribution is -0.0442. The molecule has 0 atom stereocenters. The van der Waals surface area contributed by atoms with Crippen molar-refractivity contribution in [2.45, 2.75) is 0 Å². The van der Waals surface area contributed by atoms with Crippen molar-refractivity contribution < 1.29 is 33.2 Å². The maximum Gasteiger partial charge on any atom is 0.344 e. The van der Waals surface area contributed by atoms with Gasteiger partial charge in [0.05, 0.1) is 26.4 Å². The van der Waals surface area contributed by atoms with Crippen LogP contribution in [0.5, 0.6) is 5.75 Å². The Hall–Kier alpha value is -1.67. The van der Waals surface area contributed by atoms with Gasteiger partial charge in [0.25, 0.3) is 0 Å². The summed E-state index contributed by atoms with van der Waals surface area (Å²) in [6, 6.07) is 6.77. The fourth-order valence-corrected chi connectivity index (χ4v) is 1.44. The number of methoxy groups -OCH3 is 2. The van der Waals surface area contributed by atoms with Crippen LogP contribution in [-0.2, 0) is 23.7 Å². The first-order chi connectivity index (χ1) is 10.8. The number of para-hydroxylation sites is 1. The largest absolute Gasteiger partial charge is 0.467 e. The molecule has 0 fully saturated rings. The molecule has 7 nitrogen and oxygen atoms in total. The van der Waals surface area contributed by atoms with Crippen molar-refractivity contribution in [3.8, 4) is 5.75 Å². The zero-order valence-corrected chi connectivity index (χ0v) is 12.9. The van der Waals surface area contributed by atoms with Crippen molar-refractivity contribution in [3.63, 3.8) is 0 Å². The third kappa shape index (κ3) is 7.37. The zero-order chi connectivity index (χ0) is 16.0. The fourth-order valence-electron chi connectivity index (χ4n) is 1.44. The molecule has 124 valence electrons. The standard InChI is InChI=1S/C15H22O7/c1-17-7-9-19-11-21-14-6-4-3-5-13(14)15(16)22-12-20-10-8-18-2/h3-6H,7-12H2,1-2H3. The Kier molecular flexibility index (Phi) is 9.97. The highest BCUT2D eigenvalue weighted by molar-refractivity contribution is 5.92. The summed E-state index contributed by atoms with van der Waals surface area (Å²) in [5.41, 5.74) is 0.313. The first-order valence-electron chi connectivity index (χ1n) is 6.82. The molecule has 22 heavy (non-hydrogen) atoms. The van der Waals surface area contributed by atoms with Crippen LogP contribution in [0.15, 0.2) is 24.3 Å². The predicted octanol–water partition coefficient (Wildman–Crippen LogP) is 1.46. The van der Waals surface area contributed by atoms with Gasteiger partial charge in [-0.3, -0.25) is 0 Å². The lowest BCUT2D eigenvalue weighted by Gasteiger charge is -2.11. The van der Waals surface area contributed by atoms with Crippen molar-refractivity contribution in [1.29, 1.82) is 0 Å². The summed E-state index contributed by atoms with van der Waals surface area (Å²) in [5.74, 6) is -0.133. The van der Waals surface area contributed by atoms with Crippen molar-refractivity contribution in [2.75, 3.05) is 54.2 Å². The summed E-state index contributed by atoms with van der Waals surface area (Å²) in [6.07, 6.45) is 0. The van der Waals surface area contributed by atoms with E-state index in [1.165, 1.54) is 0 Å². The predicted molar refractivity (Wildman–Crippen MR) is 77.9 cm³/mol. The lowest BCUT2D eigenvalue weighted by Crippen LogP contribution is -2.13.